The zero-order valence-corrected chi connectivity index (χ0v) is 13.3. The van der Waals surface area contributed by atoms with Gasteiger partial charge >= 0.3 is 0 Å². The fourth-order valence-corrected chi connectivity index (χ4v) is 3.29. The van der Waals surface area contributed by atoms with Crippen molar-refractivity contribution in [3.8, 4) is 0 Å². The maximum absolute atomic E-state index is 4.45. The zero-order valence-electron chi connectivity index (χ0n) is 11.7. The molecular formula is C15H19BrN4. The predicted molar refractivity (Wildman–Crippen MR) is 84.0 cm³/mol. The van der Waals surface area contributed by atoms with Gasteiger partial charge in [0, 0.05) is 42.6 Å². The maximum Gasteiger partial charge on any atom is 0.108 e. The molecule has 5 heteroatoms. The normalized spacial score (nSPS) is 19.3. The highest BCUT2D eigenvalue weighted by Crippen LogP contribution is 2.28. The second kappa shape index (κ2) is 5.95. The third-order valence-corrected chi connectivity index (χ3v) is 4.34. The number of rotatable bonds is 3. The Morgan fingerprint density at radius 3 is 3.10 bits per heavy atom. The van der Waals surface area contributed by atoms with Gasteiger partial charge in [0.05, 0.1) is 17.9 Å². The Morgan fingerprint density at radius 1 is 1.40 bits per heavy atom. The molecular weight excluding hydrogens is 316 g/mol. The van der Waals surface area contributed by atoms with Crippen LogP contribution in [0.1, 0.15) is 31.6 Å². The molecule has 0 spiro atoms. The van der Waals surface area contributed by atoms with E-state index >= 15 is 0 Å². The lowest BCUT2D eigenvalue weighted by molar-refractivity contribution is 0.396. The van der Waals surface area contributed by atoms with Gasteiger partial charge in [-0.15, -0.1) is 0 Å². The molecule has 3 heterocycles. The molecule has 2 aromatic heterocycles. The van der Waals surface area contributed by atoms with Crippen molar-refractivity contribution in [3.63, 3.8) is 0 Å². The van der Waals surface area contributed by atoms with Crippen LogP contribution in [0.15, 0.2) is 35.3 Å². The molecule has 0 N–H and O–H groups in total. The van der Waals surface area contributed by atoms with Gasteiger partial charge in [0.25, 0.3) is 0 Å². The summed E-state index contributed by atoms with van der Waals surface area (Å²) in [6.07, 6.45) is 11.2. The van der Waals surface area contributed by atoms with E-state index in [-0.39, 0.29) is 0 Å². The number of imidazole rings is 1. The second-order valence-corrected chi connectivity index (χ2v) is 6.12. The van der Waals surface area contributed by atoms with Gasteiger partial charge in [0.1, 0.15) is 5.82 Å². The van der Waals surface area contributed by atoms with Gasteiger partial charge in [-0.25, -0.2) is 4.98 Å². The summed E-state index contributed by atoms with van der Waals surface area (Å²) < 4.78 is 3.38. The van der Waals surface area contributed by atoms with E-state index in [9.17, 15) is 0 Å². The van der Waals surface area contributed by atoms with Crippen molar-refractivity contribution in [1.29, 1.82) is 0 Å². The fourth-order valence-electron chi connectivity index (χ4n) is 2.94. The van der Waals surface area contributed by atoms with Crippen LogP contribution in [0.3, 0.4) is 0 Å². The molecule has 0 aromatic carbocycles. The quantitative estimate of drug-likeness (QED) is 0.862. The standard InChI is InChI=1S/C15H19BrN4/c1-2-15-18-5-7-20(15)13-4-3-6-19(11-13)14-8-12(16)9-17-10-14/h5,7-10,13H,2-4,6,11H2,1H3/t13-/m1/s1. The minimum Gasteiger partial charge on any atom is -0.368 e. The van der Waals surface area contributed by atoms with E-state index in [4.69, 9.17) is 0 Å². The molecule has 0 saturated carbocycles. The molecule has 1 aliphatic heterocycles. The first-order chi connectivity index (χ1) is 9.78. The Kier molecular flexibility index (Phi) is 4.05. The number of aryl methyl sites for hydroxylation is 1. The number of anilines is 1. The van der Waals surface area contributed by atoms with Crippen LogP contribution in [-0.2, 0) is 6.42 Å². The summed E-state index contributed by atoms with van der Waals surface area (Å²) in [7, 11) is 0. The van der Waals surface area contributed by atoms with E-state index < -0.39 is 0 Å². The maximum atomic E-state index is 4.45. The van der Waals surface area contributed by atoms with Gasteiger partial charge in [0.15, 0.2) is 0 Å². The lowest BCUT2D eigenvalue weighted by Crippen LogP contribution is -2.37. The van der Waals surface area contributed by atoms with Gasteiger partial charge in [-0.1, -0.05) is 6.92 Å². The number of halogens is 1. The first-order valence-electron chi connectivity index (χ1n) is 7.15. The van der Waals surface area contributed by atoms with Crippen molar-refractivity contribution in [2.45, 2.75) is 32.2 Å². The Labute approximate surface area is 128 Å². The van der Waals surface area contributed by atoms with Gasteiger partial charge < -0.3 is 9.47 Å². The van der Waals surface area contributed by atoms with E-state index in [0.717, 1.165) is 24.0 Å². The van der Waals surface area contributed by atoms with Crippen LogP contribution in [-0.4, -0.2) is 27.6 Å². The van der Waals surface area contributed by atoms with Gasteiger partial charge in [-0.2, -0.15) is 0 Å². The average molecular weight is 335 g/mol. The van der Waals surface area contributed by atoms with Crippen molar-refractivity contribution in [3.05, 3.63) is 41.2 Å². The monoisotopic (exact) mass is 334 g/mol. The number of aromatic nitrogens is 3. The predicted octanol–water partition coefficient (Wildman–Crippen LogP) is 3.44. The van der Waals surface area contributed by atoms with E-state index in [0.29, 0.717) is 6.04 Å². The molecule has 4 nitrogen and oxygen atoms in total. The zero-order chi connectivity index (χ0) is 13.9. The first-order valence-corrected chi connectivity index (χ1v) is 7.94. The van der Waals surface area contributed by atoms with E-state index in [2.05, 4.69) is 54.6 Å². The molecule has 1 aliphatic rings. The van der Waals surface area contributed by atoms with Crippen LogP contribution in [0, 0.1) is 0 Å². The van der Waals surface area contributed by atoms with Crippen molar-refractivity contribution < 1.29 is 0 Å². The summed E-state index contributed by atoms with van der Waals surface area (Å²) in [5.74, 6) is 1.18. The molecule has 1 saturated heterocycles. The van der Waals surface area contributed by atoms with Gasteiger partial charge in [0.2, 0.25) is 0 Å². The SMILES string of the molecule is CCc1nccn1[C@@H]1CCCN(c2cncc(Br)c2)C1. The largest absolute Gasteiger partial charge is 0.368 e. The van der Waals surface area contributed by atoms with Crippen molar-refractivity contribution in [1.82, 2.24) is 14.5 Å². The van der Waals surface area contributed by atoms with Crippen LogP contribution < -0.4 is 4.90 Å². The van der Waals surface area contributed by atoms with Gasteiger partial charge in [-0.3, -0.25) is 4.98 Å². The summed E-state index contributed by atoms with van der Waals surface area (Å²) >= 11 is 3.50. The highest BCUT2D eigenvalue weighted by molar-refractivity contribution is 9.10. The van der Waals surface area contributed by atoms with Crippen LogP contribution >= 0.6 is 15.9 Å². The summed E-state index contributed by atoms with van der Waals surface area (Å²) in [4.78, 5) is 11.1. The number of nitrogens with zero attached hydrogens (tertiary/aromatic N) is 4. The molecule has 0 radical (unpaired) electrons. The van der Waals surface area contributed by atoms with E-state index in [1.807, 2.05) is 18.6 Å². The molecule has 0 bridgehead atoms. The molecule has 0 aliphatic carbocycles. The molecule has 3 rings (SSSR count). The van der Waals surface area contributed by atoms with Crippen molar-refractivity contribution >= 4 is 21.6 Å². The van der Waals surface area contributed by atoms with Crippen LogP contribution in [0.5, 0.6) is 0 Å². The number of hydrogen-bond acceptors (Lipinski definition) is 3. The summed E-state index contributed by atoms with van der Waals surface area (Å²) in [6, 6.07) is 2.66. The van der Waals surface area contributed by atoms with Crippen LogP contribution in [0.4, 0.5) is 5.69 Å². The first kappa shape index (κ1) is 13.6. The summed E-state index contributed by atoms with van der Waals surface area (Å²) in [5, 5.41) is 0. The summed E-state index contributed by atoms with van der Waals surface area (Å²) in [5.41, 5.74) is 1.20. The minimum atomic E-state index is 0.514. The smallest absolute Gasteiger partial charge is 0.108 e. The molecule has 106 valence electrons. The second-order valence-electron chi connectivity index (χ2n) is 5.21. The fraction of sp³-hybridized carbons (Fsp3) is 0.467. The number of hydrogen-bond donors (Lipinski definition) is 0. The lowest BCUT2D eigenvalue weighted by atomic mass is 10.0. The third-order valence-electron chi connectivity index (χ3n) is 3.91. The molecule has 0 unspecified atom stereocenters. The Morgan fingerprint density at radius 2 is 2.30 bits per heavy atom. The minimum absolute atomic E-state index is 0.514. The molecule has 1 atom stereocenters. The molecule has 1 fully saturated rings. The Balaban J connectivity index is 1.80. The lowest BCUT2D eigenvalue weighted by Gasteiger charge is -2.35. The molecule has 0 amide bonds. The number of pyridine rings is 1. The highest BCUT2D eigenvalue weighted by atomic mass is 79.9. The van der Waals surface area contributed by atoms with Crippen molar-refractivity contribution in [2.24, 2.45) is 0 Å². The van der Waals surface area contributed by atoms with Gasteiger partial charge in [-0.05, 0) is 34.8 Å². The highest BCUT2D eigenvalue weighted by Gasteiger charge is 2.22. The average Bonchev–Trinajstić information content (AvgIpc) is 2.96. The molecule has 20 heavy (non-hydrogen) atoms. The Hall–Kier alpha value is -1.36. The summed E-state index contributed by atoms with van der Waals surface area (Å²) in [6.45, 7) is 4.30. The van der Waals surface area contributed by atoms with Crippen LogP contribution in [0.2, 0.25) is 0 Å². The van der Waals surface area contributed by atoms with E-state index in [1.165, 1.54) is 24.4 Å². The van der Waals surface area contributed by atoms with Crippen LogP contribution in [0.25, 0.3) is 0 Å². The third kappa shape index (κ3) is 2.73. The Bertz CT molecular complexity index is 581. The topological polar surface area (TPSA) is 34.0 Å². The van der Waals surface area contributed by atoms with E-state index in [1.54, 1.807) is 0 Å². The number of piperidine rings is 1. The molecule has 2 aromatic rings. The van der Waals surface area contributed by atoms with Crippen molar-refractivity contribution in [2.75, 3.05) is 18.0 Å².